The average molecular weight is 170 g/mol. The van der Waals surface area contributed by atoms with Crippen molar-refractivity contribution in [2.24, 2.45) is 0 Å². The summed E-state index contributed by atoms with van der Waals surface area (Å²) in [5, 5.41) is 0. The van der Waals surface area contributed by atoms with E-state index in [1.165, 1.54) is 6.82 Å². The number of hydrogen-bond acceptors (Lipinski definition) is 2. The van der Waals surface area contributed by atoms with E-state index in [-0.39, 0.29) is 0 Å². The summed E-state index contributed by atoms with van der Waals surface area (Å²) in [4.78, 5) is 0. The lowest BCUT2D eigenvalue weighted by molar-refractivity contribution is -0.157. The molecule has 0 bridgehead atoms. The van der Waals surface area contributed by atoms with Crippen molar-refractivity contribution in [3.05, 3.63) is 0 Å². The highest BCUT2D eigenvalue weighted by Crippen LogP contribution is 2.14. The van der Waals surface area contributed by atoms with Gasteiger partial charge in [-0.2, -0.15) is 13.2 Å². The molecule has 6 heteroatoms. The predicted molar refractivity (Wildman–Crippen MR) is 35.3 cm³/mol. The van der Waals surface area contributed by atoms with E-state index in [4.69, 9.17) is 4.65 Å². The van der Waals surface area contributed by atoms with E-state index in [9.17, 15) is 13.2 Å². The van der Waals surface area contributed by atoms with Crippen molar-refractivity contribution in [2.75, 3.05) is 13.2 Å². The molecule has 0 saturated carbocycles. The Bertz CT molecular complexity index is 106. The van der Waals surface area contributed by atoms with Gasteiger partial charge >= 0.3 is 13.3 Å². The molecule has 0 aliphatic heterocycles. The molecule has 0 aliphatic rings. The number of rotatable bonds is 4. The highest BCUT2D eigenvalue weighted by Gasteiger charge is 2.29. The maximum Gasteiger partial charge on any atom is 0.453 e. The third kappa shape index (κ3) is 7.67. The van der Waals surface area contributed by atoms with Crippen molar-refractivity contribution in [1.29, 1.82) is 0 Å². The summed E-state index contributed by atoms with van der Waals surface area (Å²) in [5.74, 6) is 0. The van der Waals surface area contributed by atoms with Crippen LogP contribution >= 0.6 is 0 Å². The van der Waals surface area contributed by atoms with Crippen molar-refractivity contribution >= 4 is 7.12 Å². The zero-order valence-electron chi connectivity index (χ0n) is 6.44. The van der Waals surface area contributed by atoms with Crippen LogP contribution in [0.15, 0.2) is 0 Å². The van der Waals surface area contributed by atoms with Gasteiger partial charge in [0.25, 0.3) is 0 Å². The van der Waals surface area contributed by atoms with Gasteiger partial charge in [-0.1, -0.05) is 0 Å². The quantitative estimate of drug-likeness (QED) is 0.598. The zero-order chi connectivity index (χ0) is 8.91. The Kier molecular flexibility index (Phi) is 4.52. The van der Waals surface area contributed by atoms with Crippen LogP contribution in [0.3, 0.4) is 0 Å². The van der Waals surface area contributed by atoms with Crippen molar-refractivity contribution in [2.45, 2.75) is 19.9 Å². The van der Waals surface area contributed by atoms with E-state index in [1.54, 1.807) is 6.92 Å². The van der Waals surface area contributed by atoms with Gasteiger partial charge in [0, 0.05) is 6.61 Å². The molecule has 0 radical (unpaired) electrons. The molecule has 0 rings (SSSR count). The monoisotopic (exact) mass is 170 g/mol. The van der Waals surface area contributed by atoms with E-state index in [2.05, 4.69) is 4.65 Å². The predicted octanol–water partition coefficient (Wildman–Crippen LogP) is 1.72. The van der Waals surface area contributed by atoms with E-state index < -0.39 is 19.9 Å². The molecule has 0 spiro atoms. The number of hydrogen-bond donors (Lipinski definition) is 0. The van der Waals surface area contributed by atoms with E-state index >= 15 is 0 Å². The fraction of sp³-hybridized carbons (Fsp3) is 1.00. The van der Waals surface area contributed by atoms with Gasteiger partial charge in [-0.3, -0.25) is 0 Å². The second kappa shape index (κ2) is 4.61. The SMILES string of the molecule is CCOB(C)OCC(F)(F)F. The first-order valence-corrected chi connectivity index (χ1v) is 3.25. The summed E-state index contributed by atoms with van der Waals surface area (Å²) < 4.78 is 43.4. The summed E-state index contributed by atoms with van der Waals surface area (Å²) in [7, 11) is -0.790. The van der Waals surface area contributed by atoms with E-state index in [0.29, 0.717) is 6.61 Å². The summed E-state index contributed by atoms with van der Waals surface area (Å²) in [6, 6.07) is 0. The molecule has 0 amide bonds. The molecule has 0 saturated heterocycles. The molecular formula is C5H10BF3O2. The molecule has 0 unspecified atom stereocenters. The van der Waals surface area contributed by atoms with Gasteiger partial charge in [-0.05, 0) is 13.7 Å². The second-order valence-electron chi connectivity index (χ2n) is 1.95. The third-order valence-corrected chi connectivity index (χ3v) is 0.883. The van der Waals surface area contributed by atoms with Crippen LogP contribution in [0.4, 0.5) is 13.2 Å². The highest BCUT2D eigenvalue weighted by molar-refractivity contribution is 6.42. The molecule has 0 fully saturated rings. The minimum absolute atomic E-state index is 0.346. The van der Waals surface area contributed by atoms with E-state index in [0.717, 1.165) is 0 Å². The summed E-state index contributed by atoms with van der Waals surface area (Å²) in [6.45, 7) is 2.20. The Morgan fingerprint density at radius 1 is 1.27 bits per heavy atom. The summed E-state index contributed by atoms with van der Waals surface area (Å²) in [5.41, 5.74) is 0. The van der Waals surface area contributed by atoms with Gasteiger partial charge in [-0.15, -0.1) is 0 Å². The van der Waals surface area contributed by atoms with Crippen LogP contribution in [-0.2, 0) is 9.31 Å². The minimum Gasteiger partial charge on any atom is -0.412 e. The molecule has 0 aromatic carbocycles. The molecule has 11 heavy (non-hydrogen) atoms. The third-order valence-electron chi connectivity index (χ3n) is 0.883. The molecular weight excluding hydrogens is 160 g/mol. The maximum absolute atomic E-state index is 11.5. The second-order valence-corrected chi connectivity index (χ2v) is 1.95. The van der Waals surface area contributed by atoms with Crippen LogP contribution < -0.4 is 0 Å². The van der Waals surface area contributed by atoms with Crippen molar-refractivity contribution in [1.82, 2.24) is 0 Å². The maximum atomic E-state index is 11.5. The molecule has 0 aromatic heterocycles. The lowest BCUT2D eigenvalue weighted by atomic mass is 9.95. The Morgan fingerprint density at radius 3 is 2.18 bits per heavy atom. The van der Waals surface area contributed by atoms with Crippen LogP contribution in [0.25, 0.3) is 0 Å². The van der Waals surface area contributed by atoms with Gasteiger partial charge in [0.1, 0.15) is 6.61 Å². The first-order chi connectivity index (χ1) is 4.95. The van der Waals surface area contributed by atoms with Crippen LogP contribution in [0.1, 0.15) is 6.92 Å². The van der Waals surface area contributed by atoms with Crippen LogP contribution in [0.5, 0.6) is 0 Å². The Labute approximate surface area is 63.8 Å². The fourth-order valence-corrected chi connectivity index (χ4v) is 0.495. The zero-order valence-corrected chi connectivity index (χ0v) is 6.44. The highest BCUT2D eigenvalue weighted by atomic mass is 19.4. The van der Waals surface area contributed by atoms with Crippen molar-refractivity contribution < 1.29 is 22.5 Å². The van der Waals surface area contributed by atoms with Crippen LogP contribution in [-0.4, -0.2) is 26.5 Å². The number of halogens is 3. The first-order valence-electron chi connectivity index (χ1n) is 3.25. The molecule has 0 atom stereocenters. The first kappa shape index (κ1) is 10.8. The van der Waals surface area contributed by atoms with Gasteiger partial charge in [0.15, 0.2) is 0 Å². The average Bonchev–Trinajstić information content (AvgIpc) is 1.83. The molecule has 2 nitrogen and oxygen atoms in total. The molecule has 66 valence electrons. The Balaban J connectivity index is 3.38. The molecule has 0 aliphatic carbocycles. The Morgan fingerprint density at radius 2 is 1.82 bits per heavy atom. The molecule has 0 N–H and O–H groups in total. The minimum atomic E-state index is -4.27. The summed E-state index contributed by atoms with van der Waals surface area (Å²) in [6.07, 6.45) is -4.27. The van der Waals surface area contributed by atoms with Crippen LogP contribution in [0, 0.1) is 0 Å². The summed E-state index contributed by atoms with van der Waals surface area (Å²) >= 11 is 0. The lowest BCUT2D eigenvalue weighted by Gasteiger charge is -2.10. The van der Waals surface area contributed by atoms with Crippen LogP contribution in [0.2, 0.25) is 6.82 Å². The standard InChI is InChI=1S/C5H10BF3O2/c1-3-10-6(2)11-4-5(7,8)9/h3-4H2,1-2H3. The Hall–Kier alpha value is -0.225. The molecule has 0 heterocycles. The lowest BCUT2D eigenvalue weighted by Crippen LogP contribution is -2.26. The fourth-order valence-electron chi connectivity index (χ4n) is 0.495. The van der Waals surface area contributed by atoms with Crippen molar-refractivity contribution in [3.8, 4) is 0 Å². The normalized spacial score (nSPS) is 11.7. The smallest absolute Gasteiger partial charge is 0.412 e. The van der Waals surface area contributed by atoms with Gasteiger partial charge < -0.3 is 9.31 Å². The number of alkyl halides is 3. The van der Waals surface area contributed by atoms with Gasteiger partial charge in [-0.25, -0.2) is 0 Å². The van der Waals surface area contributed by atoms with Crippen molar-refractivity contribution in [3.63, 3.8) is 0 Å². The van der Waals surface area contributed by atoms with E-state index in [1.807, 2.05) is 0 Å². The van der Waals surface area contributed by atoms with Gasteiger partial charge in [0.05, 0.1) is 0 Å². The molecule has 0 aromatic rings. The topological polar surface area (TPSA) is 18.5 Å². The van der Waals surface area contributed by atoms with Gasteiger partial charge in [0.2, 0.25) is 0 Å². The largest absolute Gasteiger partial charge is 0.453 e.